The molecule has 1 rings (SSSR count). The van der Waals surface area contributed by atoms with Crippen molar-refractivity contribution < 1.29 is 9.53 Å². The lowest BCUT2D eigenvalue weighted by Gasteiger charge is -2.09. The first-order chi connectivity index (χ1) is 6.74. The predicted octanol–water partition coefficient (Wildman–Crippen LogP) is -0.267. The molecule has 14 heavy (non-hydrogen) atoms. The van der Waals surface area contributed by atoms with Crippen LogP contribution in [0.1, 0.15) is 5.69 Å². The summed E-state index contributed by atoms with van der Waals surface area (Å²) in [4.78, 5) is 15.3. The molecule has 5 nitrogen and oxygen atoms in total. The minimum atomic E-state index is -0.612. The van der Waals surface area contributed by atoms with E-state index < -0.39 is 6.04 Å². The van der Waals surface area contributed by atoms with E-state index in [4.69, 9.17) is 10.5 Å². The van der Waals surface area contributed by atoms with Gasteiger partial charge in [-0.05, 0) is 0 Å². The summed E-state index contributed by atoms with van der Waals surface area (Å²) in [7, 11) is 1.51. The van der Waals surface area contributed by atoms with Crippen LogP contribution in [-0.2, 0) is 16.1 Å². The molecule has 1 aromatic rings. The normalized spacial score (nSPS) is 12.4. The second kappa shape index (κ2) is 5.69. The molecule has 1 aromatic heterocycles. The molecule has 0 bridgehead atoms. The molecule has 0 aromatic carbocycles. The van der Waals surface area contributed by atoms with Crippen LogP contribution < -0.4 is 11.1 Å². The fraction of sp³-hybridized carbons (Fsp3) is 0.500. The van der Waals surface area contributed by atoms with Crippen LogP contribution >= 0.6 is 11.3 Å². The van der Waals surface area contributed by atoms with Crippen molar-refractivity contribution in [2.24, 2.45) is 5.73 Å². The summed E-state index contributed by atoms with van der Waals surface area (Å²) in [6.45, 7) is 0.642. The zero-order valence-corrected chi connectivity index (χ0v) is 8.71. The summed E-state index contributed by atoms with van der Waals surface area (Å²) in [6.07, 6.45) is 0. The zero-order chi connectivity index (χ0) is 10.4. The van der Waals surface area contributed by atoms with E-state index in [1.54, 1.807) is 5.51 Å². The van der Waals surface area contributed by atoms with Crippen LogP contribution in [0.5, 0.6) is 0 Å². The predicted molar refractivity (Wildman–Crippen MR) is 53.8 cm³/mol. The van der Waals surface area contributed by atoms with Gasteiger partial charge < -0.3 is 15.8 Å². The molecule has 0 saturated carbocycles. The van der Waals surface area contributed by atoms with Crippen LogP contribution in [0.25, 0.3) is 0 Å². The van der Waals surface area contributed by atoms with E-state index in [2.05, 4.69) is 10.3 Å². The summed E-state index contributed by atoms with van der Waals surface area (Å²) in [6, 6.07) is -0.612. The van der Waals surface area contributed by atoms with Crippen molar-refractivity contribution in [3.8, 4) is 0 Å². The largest absolute Gasteiger partial charge is 0.383 e. The fourth-order valence-electron chi connectivity index (χ4n) is 0.889. The molecule has 6 heteroatoms. The number of methoxy groups -OCH3 is 1. The molecule has 1 heterocycles. The standard InChI is InChI=1S/C8H13N3O2S/c1-13-3-7(9)8(12)10-2-6-4-14-5-11-6/h4-5,7H,2-3,9H2,1H3,(H,10,12). The first-order valence-corrected chi connectivity index (χ1v) is 5.07. The molecule has 1 atom stereocenters. The number of carbonyl (C=O) groups excluding carboxylic acids is 1. The summed E-state index contributed by atoms with van der Waals surface area (Å²) in [5, 5.41) is 4.55. The van der Waals surface area contributed by atoms with Crippen LogP contribution in [0, 0.1) is 0 Å². The van der Waals surface area contributed by atoms with Gasteiger partial charge in [-0.15, -0.1) is 11.3 Å². The molecule has 0 aliphatic carbocycles. The van der Waals surface area contributed by atoms with E-state index in [0.717, 1.165) is 5.69 Å². The smallest absolute Gasteiger partial charge is 0.239 e. The van der Waals surface area contributed by atoms with Gasteiger partial charge in [-0.1, -0.05) is 0 Å². The Balaban J connectivity index is 2.27. The molecule has 1 amide bonds. The molecule has 0 spiro atoms. The Morgan fingerprint density at radius 1 is 1.86 bits per heavy atom. The van der Waals surface area contributed by atoms with E-state index in [1.807, 2.05) is 5.38 Å². The van der Waals surface area contributed by atoms with Crippen molar-refractivity contribution in [3.05, 3.63) is 16.6 Å². The average molecular weight is 215 g/mol. The highest BCUT2D eigenvalue weighted by molar-refractivity contribution is 7.07. The number of nitrogens with one attached hydrogen (secondary N) is 1. The van der Waals surface area contributed by atoms with Gasteiger partial charge in [0.05, 0.1) is 24.4 Å². The Morgan fingerprint density at radius 3 is 3.21 bits per heavy atom. The Hall–Kier alpha value is -0.980. The van der Waals surface area contributed by atoms with Crippen molar-refractivity contribution >= 4 is 17.2 Å². The summed E-state index contributed by atoms with van der Waals surface area (Å²) < 4.78 is 4.76. The Morgan fingerprint density at radius 2 is 2.64 bits per heavy atom. The first-order valence-electron chi connectivity index (χ1n) is 4.13. The van der Waals surface area contributed by atoms with Crippen molar-refractivity contribution in [2.45, 2.75) is 12.6 Å². The molecule has 0 aliphatic rings. The highest BCUT2D eigenvalue weighted by Gasteiger charge is 2.12. The minimum absolute atomic E-state index is 0.222. The van der Waals surface area contributed by atoms with Crippen LogP contribution in [0.2, 0.25) is 0 Å². The van der Waals surface area contributed by atoms with Crippen LogP contribution in [0.3, 0.4) is 0 Å². The van der Waals surface area contributed by atoms with Gasteiger partial charge in [0.2, 0.25) is 5.91 Å². The van der Waals surface area contributed by atoms with Crippen molar-refractivity contribution in [1.29, 1.82) is 0 Å². The van der Waals surface area contributed by atoms with Crippen molar-refractivity contribution in [2.75, 3.05) is 13.7 Å². The third kappa shape index (κ3) is 3.41. The lowest BCUT2D eigenvalue weighted by molar-refractivity contribution is -0.123. The maximum Gasteiger partial charge on any atom is 0.239 e. The van der Waals surface area contributed by atoms with Gasteiger partial charge in [0.1, 0.15) is 6.04 Å². The first kappa shape index (κ1) is 11.1. The Bertz CT molecular complexity index is 276. The number of nitrogens with two attached hydrogens (primary N) is 1. The number of thiazole rings is 1. The van der Waals surface area contributed by atoms with Crippen LogP contribution in [-0.4, -0.2) is 30.6 Å². The summed E-state index contributed by atoms with van der Waals surface area (Å²) in [5.74, 6) is -0.222. The maximum atomic E-state index is 11.3. The molecule has 0 radical (unpaired) electrons. The highest BCUT2D eigenvalue weighted by Crippen LogP contribution is 1.99. The van der Waals surface area contributed by atoms with E-state index in [1.165, 1.54) is 18.4 Å². The van der Waals surface area contributed by atoms with Gasteiger partial charge in [-0.25, -0.2) is 4.98 Å². The molecule has 78 valence electrons. The summed E-state index contributed by atoms with van der Waals surface area (Å²) >= 11 is 1.49. The molecular weight excluding hydrogens is 202 g/mol. The Kier molecular flexibility index (Phi) is 4.51. The molecule has 0 aliphatic heterocycles. The molecule has 0 saturated heterocycles. The number of nitrogens with zero attached hydrogens (tertiary/aromatic N) is 1. The van der Waals surface area contributed by atoms with Crippen molar-refractivity contribution in [1.82, 2.24) is 10.3 Å². The summed E-state index contributed by atoms with van der Waals surface area (Å²) in [5.41, 5.74) is 8.07. The maximum absolute atomic E-state index is 11.3. The lowest BCUT2D eigenvalue weighted by atomic mass is 10.3. The number of amides is 1. The SMILES string of the molecule is COCC(N)C(=O)NCc1cscn1. The number of rotatable bonds is 5. The van der Waals surface area contributed by atoms with Gasteiger partial charge in [0.15, 0.2) is 0 Å². The van der Waals surface area contributed by atoms with Gasteiger partial charge in [0.25, 0.3) is 0 Å². The third-order valence-electron chi connectivity index (χ3n) is 1.61. The van der Waals surface area contributed by atoms with Gasteiger partial charge in [0, 0.05) is 12.5 Å². The lowest BCUT2D eigenvalue weighted by Crippen LogP contribution is -2.43. The number of hydrogen-bond donors (Lipinski definition) is 2. The van der Waals surface area contributed by atoms with Gasteiger partial charge in [-0.2, -0.15) is 0 Å². The van der Waals surface area contributed by atoms with E-state index in [-0.39, 0.29) is 12.5 Å². The van der Waals surface area contributed by atoms with Crippen LogP contribution in [0.4, 0.5) is 0 Å². The second-order valence-corrected chi connectivity index (χ2v) is 3.48. The van der Waals surface area contributed by atoms with Gasteiger partial charge in [-0.3, -0.25) is 4.79 Å². The number of ether oxygens (including phenoxy) is 1. The molecule has 3 N–H and O–H groups in total. The van der Waals surface area contributed by atoms with E-state index in [0.29, 0.717) is 6.54 Å². The molecule has 1 unspecified atom stereocenters. The zero-order valence-electron chi connectivity index (χ0n) is 7.90. The monoisotopic (exact) mass is 215 g/mol. The van der Waals surface area contributed by atoms with E-state index in [9.17, 15) is 4.79 Å². The molecular formula is C8H13N3O2S. The quantitative estimate of drug-likeness (QED) is 0.709. The number of carbonyl (C=O) groups is 1. The van der Waals surface area contributed by atoms with Crippen molar-refractivity contribution in [3.63, 3.8) is 0 Å². The number of aromatic nitrogens is 1. The van der Waals surface area contributed by atoms with E-state index >= 15 is 0 Å². The van der Waals surface area contributed by atoms with Crippen LogP contribution in [0.15, 0.2) is 10.9 Å². The Labute approximate surface area is 86.3 Å². The topological polar surface area (TPSA) is 77.2 Å². The average Bonchev–Trinajstić information content (AvgIpc) is 2.67. The second-order valence-electron chi connectivity index (χ2n) is 2.76. The highest BCUT2D eigenvalue weighted by atomic mass is 32.1. The number of hydrogen-bond acceptors (Lipinski definition) is 5. The minimum Gasteiger partial charge on any atom is -0.383 e. The molecule has 0 fully saturated rings. The van der Waals surface area contributed by atoms with Gasteiger partial charge >= 0.3 is 0 Å². The third-order valence-corrected chi connectivity index (χ3v) is 2.25. The fourth-order valence-corrected chi connectivity index (χ4v) is 1.45.